The minimum atomic E-state index is -1.19. The number of benzene rings is 1. The Morgan fingerprint density at radius 1 is 1.16 bits per heavy atom. The highest BCUT2D eigenvalue weighted by atomic mass is 35.5. The Balaban J connectivity index is 2.24. The first kappa shape index (κ1) is 17.8. The molecule has 0 spiro atoms. The third-order valence-electron chi connectivity index (χ3n) is 5.06. The smallest absolute Gasteiger partial charge is 0.261 e. The summed E-state index contributed by atoms with van der Waals surface area (Å²) in [7, 11) is 5.25. The maximum atomic E-state index is 13.1. The van der Waals surface area contributed by atoms with Gasteiger partial charge in [-0.1, -0.05) is 18.0 Å². The fraction of sp³-hybridized carbons (Fsp3) is 0.333. The van der Waals surface area contributed by atoms with Crippen LogP contribution in [-0.4, -0.2) is 44.9 Å². The van der Waals surface area contributed by atoms with E-state index in [-0.39, 0.29) is 11.5 Å². The number of nitrogens with one attached hydrogen (secondary N) is 1. The van der Waals surface area contributed by atoms with E-state index in [4.69, 9.17) is 11.6 Å². The van der Waals surface area contributed by atoms with Crippen molar-refractivity contribution in [2.75, 3.05) is 0 Å². The number of hydrogen-bond donors (Lipinski definition) is 1. The van der Waals surface area contributed by atoms with Crippen LogP contribution in [0.1, 0.15) is 18.7 Å². The number of aromatic nitrogens is 2. The number of nitrogens with zero attached hydrogens (tertiary/aromatic N) is 2. The van der Waals surface area contributed by atoms with Crippen molar-refractivity contribution in [3.8, 4) is 0 Å². The number of hydrogen-bond acceptors (Lipinski definition) is 4. The molecule has 3 rings (SSSR count). The third kappa shape index (κ3) is 2.80. The van der Waals surface area contributed by atoms with Crippen LogP contribution in [0.15, 0.2) is 23.0 Å². The maximum Gasteiger partial charge on any atom is 0.261 e. The van der Waals surface area contributed by atoms with Crippen LogP contribution in [0.5, 0.6) is 0 Å². The number of rotatable bonds is 1. The van der Waals surface area contributed by atoms with Gasteiger partial charge in [-0.25, -0.2) is 4.98 Å². The van der Waals surface area contributed by atoms with E-state index >= 15 is 0 Å². The van der Waals surface area contributed by atoms with Crippen molar-refractivity contribution in [2.24, 2.45) is 0 Å². The Bertz CT molecular complexity index is 976. The molecule has 1 aliphatic rings. The molecule has 1 saturated heterocycles. The predicted molar refractivity (Wildman–Crippen MR) is 104 cm³/mol. The topological polar surface area (TPSA) is 81.1 Å². The van der Waals surface area contributed by atoms with E-state index < -0.39 is 16.6 Å². The molecule has 0 radical (unpaired) electrons. The van der Waals surface area contributed by atoms with Crippen molar-refractivity contribution < 1.29 is 9.59 Å². The molecule has 1 aliphatic heterocycles. The van der Waals surface area contributed by atoms with Crippen molar-refractivity contribution in [1.82, 2.24) is 14.9 Å². The zero-order valence-electron chi connectivity index (χ0n) is 14.6. The van der Waals surface area contributed by atoms with Gasteiger partial charge in [-0.15, -0.1) is 0 Å². The van der Waals surface area contributed by atoms with Crippen LogP contribution in [0.2, 0.25) is 10.2 Å². The first-order valence-corrected chi connectivity index (χ1v) is 8.49. The van der Waals surface area contributed by atoms with Gasteiger partial charge in [0.2, 0.25) is 11.8 Å². The average Bonchev–Trinajstić information content (AvgIpc) is 2.58. The fourth-order valence-electron chi connectivity index (χ4n) is 3.25. The summed E-state index contributed by atoms with van der Waals surface area (Å²) in [6, 6.07) is 4.85. The summed E-state index contributed by atoms with van der Waals surface area (Å²) in [5.41, 5.74) is -1.02. The number of carbonyl (C=O) groups excluding carboxylic acids is 2. The number of halogens is 1. The predicted octanol–water partition coefficient (Wildman–Crippen LogP) is -1.54. The second kappa shape index (κ2) is 5.76. The Labute approximate surface area is 152 Å². The molecule has 1 N–H and O–H groups in total. The normalized spacial score (nSPS) is 23.3. The lowest BCUT2D eigenvalue weighted by atomic mass is 9.51. The molecule has 1 aromatic heterocycles. The summed E-state index contributed by atoms with van der Waals surface area (Å²) in [5.74, 6) is -0.402. The molecule has 6 nitrogen and oxygen atoms in total. The van der Waals surface area contributed by atoms with E-state index in [0.29, 0.717) is 34.6 Å². The van der Waals surface area contributed by atoms with E-state index in [1.807, 2.05) is 0 Å². The minimum absolute atomic E-state index is 0.316. The molecule has 25 heavy (non-hydrogen) atoms. The third-order valence-corrected chi connectivity index (χ3v) is 5.30. The van der Waals surface area contributed by atoms with Crippen LogP contribution in [0.3, 0.4) is 0 Å². The molecular formula is C15H17B3ClN3O3. The molecule has 0 saturated carbocycles. The van der Waals surface area contributed by atoms with Crippen molar-refractivity contribution in [2.45, 2.75) is 30.4 Å². The van der Waals surface area contributed by atoms with Gasteiger partial charge in [0.1, 0.15) is 29.4 Å². The quantitative estimate of drug-likeness (QED) is 0.497. The van der Waals surface area contributed by atoms with Gasteiger partial charge in [0.25, 0.3) is 5.56 Å². The molecule has 126 valence electrons. The monoisotopic (exact) mass is 355 g/mol. The van der Waals surface area contributed by atoms with Gasteiger partial charge >= 0.3 is 0 Å². The maximum absolute atomic E-state index is 13.1. The fourth-order valence-corrected chi connectivity index (χ4v) is 3.42. The molecule has 1 atom stereocenters. The molecule has 0 bridgehead atoms. The molecule has 0 unspecified atom stereocenters. The molecule has 1 aromatic carbocycles. The van der Waals surface area contributed by atoms with Gasteiger partial charge < -0.3 is 0 Å². The minimum Gasteiger partial charge on any atom is -0.296 e. The van der Waals surface area contributed by atoms with Gasteiger partial charge in [-0.2, -0.15) is 0 Å². The van der Waals surface area contributed by atoms with Crippen molar-refractivity contribution in [3.63, 3.8) is 0 Å². The SMILES string of the molecule is BC1(B)CC[C@](B)(n2c(C)nc3cc(Cl)ccc3c2=O)C(=O)NC1=O. The number of fused-ring (bicyclic) bond motifs is 1. The van der Waals surface area contributed by atoms with Gasteiger partial charge in [-0.3, -0.25) is 24.3 Å². The summed E-state index contributed by atoms with van der Waals surface area (Å²) < 4.78 is 1.40. The van der Waals surface area contributed by atoms with Crippen molar-refractivity contribution in [1.29, 1.82) is 0 Å². The second-order valence-corrected chi connectivity index (χ2v) is 7.84. The Hall–Kier alpha value is -2.02. The van der Waals surface area contributed by atoms with Gasteiger partial charge in [0.05, 0.1) is 16.3 Å². The van der Waals surface area contributed by atoms with Crippen LogP contribution >= 0.6 is 11.6 Å². The highest BCUT2D eigenvalue weighted by molar-refractivity contribution is 6.52. The summed E-state index contributed by atoms with van der Waals surface area (Å²) in [5, 5.41) is 2.64. The number of aryl methyl sites for hydroxylation is 1. The van der Waals surface area contributed by atoms with E-state index in [0.717, 1.165) is 0 Å². The average molecular weight is 355 g/mol. The summed E-state index contributed by atoms with van der Waals surface area (Å²) in [6.45, 7) is 1.68. The Morgan fingerprint density at radius 2 is 1.84 bits per heavy atom. The lowest BCUT2D eigenvalue weighted by Crippen LogP contribution is -2.54. The molecule has 2 amide bonds. The van der Waals surface area contributed by atoms with Crippen LogP contribution < -0.4 is 10.9 Å². The number of imide groups is 1. The van der Waals surface area contributed by atoms with Crippen LogP contribution in [0, 0.1) is 6.92 Å². The Morgan fingerprint density at radius 3 is 2.52 bits per heavy atom. The van der Waals surface area contributed by atoms with Crippen LogP contribution in [-0.2, 0) is 15.0 Å². The highest BCUT2D eigenvalue weighted by Gasteiger charge is 2.45. The van der Waals surface area contributed by atoms with E-state index in [1.165, 1.54) is 4.57 Å². The summed E-state index contributed by atoms with van der Waals surface area (Å²) in [4.78, 5) is 42.6. The summed E-state index contributed by atoms with van der Waals surface area (Å²) >= 11 is 5.98. The van der Waals surface area contributed by atoms with Crippen LogP contribution in [0.25, 0.3) is 10.9 Å². The largest absolute Gasteiger partial charge is 0.296 e. The molecule has 2 heterocycles. The second-order valence-electron chi connectivity index (χ2n) is 7.40. The zero-order valence-corrected chi connectivity index (χ0v) is 15.4. The van der Waals surface area contributed by atoms with Crippen molar-refractivity contribution in [3.05, 3.63) is 39.4 Å². The number of carbonyl (C=O) groups is 2. The van der Waals surface area contributed by atoms with Gasteiger partial charge in [-0.05, 0) is 36.8 Å². The Kier molecular flexibility index (Phi) is 4.10. The first-order chi connectivity index (χ1) is 11.6. The molecule has 10 heteroatoms. The van der Waals surface area contributed by atoms with E-state index in [9.17, 15) is 14.4 Å². The van der Waals surface area contributed by atoms with E-state index in [2.05, 4.69) is 10.3 Å². The first-order valence-electron chi connectivity index (χ1n) is 8.11. The van der Waals surface area contributed by atoms with Gasteiger partial charge in [0.15, 0.2) is 0 Å². The lowest BCUT2D eigenvalue weighted by Gasteiger charge is -2.30. The molecule has 2 aromatic rings. The van der Waals surface area contributed by atoms with Gasteiger partial charge in [0, 0.05) is 5.02 Å². The van der Waals surface area contributed by atoms with Crippen molar-refractivity contribution >= 4 is 57.9 Å². The number of amides is 2. The molecular weight excluding hydrogens is 338 g/mol. The lowest BCUT2D eigenvalue weighted by molar-refractivity contribution is -0.132. The van der Waals surface area contributed by atoms with E-state index in [1.54, 1.807) is 48.7 Å². The highest BCUT2D eigenvalue weighted by Crippen LogP contribution is 2.33. The standard InChI is InChI=1S/C15H17B3ClN3O3/c1-7-20-10-6-8(19)2-3-9(10)11(23)22(7)15(18)5-4-14(16,17)12(24)21-13(15)25/h2-3,6H,4-5,16-18H2,1H3,(H,21,24,25)/t15-/m0/s1. The summed E-state index contributed by atoms with van der Waals surface area (Å²) in [6.07, 6.45) is 0.838. The zero-order chi connectivity index (χ0) is 18.6. The molecule has 0 aliphatic carbocycles. The molecule has 1 fully saturated rings. The van der Waals surface area contributed by atoms with Crippen LogP contribution in [0.4, 0.5) is 0 Å².